The normalized spacial score (nSPS) is 14.6. The largest absolute Gasteiger partial charge is 0.340 e. The predicted molar refractivity (Wildman–Crippen MR) is 208 cm³/mol. The molecule has 0 spiro atoms. The van der Waals surface area contributed by atoms with Crippen LogP contribution < -0.4 is 0 Å². The molecule has 2 aliphatic rings. The fourth-order valence-electron chi connectivity index (χ4n) is 7.53. The molecule has 0 bridgehead atoms. The number of thiophene rings is 4. The number of ketones is 4. The van der Waals surface area contributed by atoms with E-state index in [1.54, 1.807) is 57.5 Å². The van der Waals surface area contributed by atoms with E-state index < -0.39 is 0 Å². The van der Waals surface area contributed by atoms with Gasteiger partial charge in [-0.25, -0.2) is 0 Å². The summed E-state index contributed by atoms with van der Waals surface area (Å²) in [7, 11) is 2.08. The average molecular weight is 718 g/mol. The van der Waals surface area contributed by atoms with Crippen molar-refractivity contribution in [1.82, 2.24) is 4.57 Å². The minimum atomic E-state index is -0.221. The number of fused-ring (bicyclic) bond motifs is 11. The van der Waals surface area contributed by atoms with Gasteiger partial charge in [0.1, 0.15) is 0 Å². The highest BCUT2D eigenvalue weighted by molar-refractivity contribution is 7.38. The number of Topliss-reactive ketones (excluding diaryl/α,β-unsaturated/α-hetero) is 4. The van der Waals surface area contributed by atoms with E-state index in [1.807, 2.05) is 72.8 Å². The summed E-state index contributed by atoms with van der Waals surface area (Å²) in [5, 5.41) is 3.78. The number of nitrogens with zero attached hydrogens (tertiary/aromatic N) is 1. The summed E-state index contributed by atoms with van der Waals surface area (Å²) in [6.45, 7) is 0. The SMILES string of the molecule is Cn1c2c3sc(C=C4C(=O)c5cc6ccccc6cc5C4=O)cc3sc2c2sc3cc(C=C4C(=O)c5cc6ccccc6cc5C4=O)sc3c21. The molecular formula is C41H19NO4S4. The van der Waals surface area contributed by atoms with Crippen LogP contribution in [0, 0.1) is 0 Å². The number of benzene rings is 4. The molecule has 9 aromatic rings. The maximum atomic E-state index is 13.4. The van der Waals surface area contributed by atoms with Gasteiger partial charge in [-0.05, 0) is 70.1 Å². The number of carbonyl (C=O) groups excluding carboxylic acids is 4. The molecule has 50 heavy (non-hydrogen) atoms. The molecule has 0 fully saturated rings. The number of aryl methyl sites for hydroxylation is 1. The maximum absolute atomic E-state index is 13.4. The maximum Gasteiger partial charge on any atom is 0.197 e. The molecule has 0 saturated carbocycles. The van der Waals surface area contributed by atoms with Gasteiger partial charge in [0.15, 0.2) is 23.1 Å². The van der Waals surface area contributed by atoms with Crippen molar-refractivity contribution in [3.8, 4) is 0 Å². The zero-order valence-corrected chi connectivity index (χ0v) is 29.2. The summed E-state index contributed by atoms with van der Waals surface area (Å²) < 4.78 is 9.17. The van der Waals surface area contributed by atoms with Gasteiger partial charge in [-0.3, -0.25) is 19.2 Å². The summed E-state index contributed by atoms with van der Waals surface area (Å²) in [5.74, 6) is -0.884. The first-order valence-corrected chi connectivity index (χ1v) is 19.1. The van der Waals surface area contributed by atoms with E-state index in [-0.39, 0.29) is 34.3 Å². The first-order chi connectivity index (χ1) is 24.3. The fourth-order valence-corrected chi connectivity index (χ4v) is 13.0. The van der Waals surface area contributed by atoms with Crippen LogP contribution in [0.5, 0.6) is 0 Å². The van der Waals surface area contributed by atoms with Crippen molar-refractivity contribution in [3.05, 3.63) is 128 Å². The Morgan fingerprint density at radius 1 is 0.460 bits per heavy atom. The second-order valence-corrected chi connectivity index (χ2v) is 17.0. The van der Waals surface area contributed by atoms with Crippen molar-refractivity contribution in [2.45, 2.75) is 0 Å². The number of aromatic nitrogens is 1. The lowest BCUT2D eigenvalue weighted by Crippen LogP contribution is -1.99. The highest BCUT2D eigenvalue weighted by Gasteiger charge is 2.35. The number of rotatable bonds is 2. The van der Waals surface area contributed by atoms with Crippen molar-refractivity contribution in [3.63, 3.8) is 0 Å². The first-order valence-electron chi connectivity index (χ1n) is 15.9. The van der Waals surface area contributed by atoms with Crippen LogP contribution in [0.2, 0.25) is 0 Å². The van der Waals surface area contributed by atoms with E-state index in [0.29, 0.717) is 22.3 Å². The summed E-state index contributed by atoms with van der Waals surface area (Å²) >= 11 is 6.65. The second-order valence-electron chi connectivity index (χ2n) is 12.7. The van der Waals surface area contributed by atoms with Gasteiger partial charge in [0.2, 0.25) is 0 Å². The third-order valence-corrected chi connectivity index (χ3v) is 14.7. The molecular weight excluding hydrogens is 699 g/mol. The van der Waals surface area contributed by atoms with Crippen molar-refractivity contribution < 1.29 is 19.2 Å². The van der Waals surface area contributed by atoms with E-state index in [9.17, 15) is 19.2 Å². The van der Waals surface area contributed by atoms with Gasteiger partial charge in [0, 0.05) is 48.5 Å². The lowest BCUT2D eigenvalue weighted by Gasteiger charge is -2.00. The fraction of sp³-hybridized carbons (Fsp3) is 0.0244. The van der Waals surface area contributed by atoms with E-state index in [1.165, 1.54) is 9.40 Å². The van der Waals surface area contributed by atoms with Crippen LogP contribution in [0.15, 0.2) is 96.1 Å². The number of allylic oxidation sites excluding steroid dienone is 2. The van der Waals surface area contributed by atoms with Gasteiger partial charge in [-0.2, -0.15) is 0 Å². The van der Waals surface area contributed by atoms with Gasteiger partial charge in [-0.1, -0.05) is 48.5 Å². The molecule has 5 heterocycles. The molecule has 0 radical (unpaired) electrons. The topological polar surface area (TPSA) is 73.2 Å². The van der Waals surface area contributed by atoms with Gasteiger partial charge in [-0.15, -0.1) is 45.3 Å². The molecule has 0 aliphatic heterocycles. The van der Waals surface area contributed by atoms with Crippen molar-refractivity contribution in [2.24, 2.45) is 7.05 Å². The van der Waals surface area contributed by atoms with Crippen molar-refractivity contribution in [1.29, 1.82) is 0 Å². The Labute approximate surface area is 298 Å². The molecule has 0 N–H and O–H groups in total. The zero-order chi connectivity index (χ0) is 33.6. The quantitative estimate of drug-likeness (QED) is 0.132. The minimum Gasteiger partial charge on any atom is -0.340 e. The van der Waals surface area contributed by atoms with E-state index in [2.05, 4.69) is 23.7 Å². The molecule has 0 unspecified atom stereocenters. The molecule has 236 valence electrons. The van der Waals surface area contributed by atoms with Crippen LogP contribution in [0.25, 0.3) is 72.9 Å². The molecule has 9 heteroatoms. The van der Waals surface area contributed by atoms with Gasteiger partial charge >= 0.3 is 0 Å². The molecule has 5 nitrogen and oxygen atoms in total. The van der Waals surface area contributed by atoms with Crippen LogP contribution in [0.3, 0.4) is 0 Å². The summed E-state index contributed by atoms with van der Waals surface area (Å²) in [5.41, 5.74) is 4.58. The smallest absolute Gasteiger partial charge is 0.197 e. The predicted octanol–water partition coefficient (Wildman–Crippen LogP) is 11.1. The van der Waals surface area contributed by atoms with Gasteiger partial charge in [0.05, 0.1) is 41.0 Å². The molecule has 2 aliphatic carbocycles. The summed E-state index contributed by atoms with van der Waals surface area (Å²) in [4.78, 5) is 55.4. The Kier molecular flexibility index (Phi) is 5.64. The van der Waals surface area contributed by atoms with Gasteiger partial charge in [0.25, 0.3) is 0 Å². The average Bonchev–Trinajstić information content (AvgIpc) is 3.96. The Balaban J connectivity index is 0.976. The lowest BCUT2D eigenvalue weighted by atomic mass is 10.0. The lowest BCUT2D eigenvalue weighted by molar-refractivity contribution is 0.0975. The Hall–Kier alpha value is -5.32. The van der Waals surface area contributed by atoms with Crippen LogP contribution in [0.1, 0.15) is 51.2 Å². The number of hydrogen-bond acceptors (Lipinski definition) is 8. The molecule has 0 amide bonds. The Morgan fingerprint density at radius 2 is 0.800 bits per heavy atom. The highest BCUT2D eigenvalue weighted by atomic mass is 32.1. The van der Waals surface area contributed by atoms with Crippen LogP contribution in [-0.4, -0.2) is 27.7 Å². The molecule has 5 aromatic heterocycles. The molecule has 4 aromatic carbocycles. The van der Waals surface area contributed by atoms with E-state index in [0.717, 1.165) is 61.1 Å². The van der Waals surface area contributed by atoms with Crippen LogP contribution >= 0.6 is 45.3 Å². The minimum absolute atomic E-state index is 0.214. The van der Waals surface area contributed by atoms with E-state index >= 15 is 0 Å². The Bertz CT molecular complexity index is 2860. The molecule has 0 atom stereocenters. The summed E-state index contributed by atoms with van der Waals surface area (Å²) in [6.07, 6.45) is 3.52. The molecule has 11 rings (SSSR count). The van der Waals surface area contributed by atoms with Gasteiger partial charge < -0.3 is 4.57 Å². The zero-order valence-electron chi connectivity index (χ0n) is 26.0. The van der Waals surface area contributed by atoms with E-state index in [4.69, 9.17) is 0 Å². The first kappa shape index (κ1) is 28.5. The Morgan fingerprint density at radius 3 is 1.14 bits per heavy atom. The van der Waals surface area contributed by atoms with Crippen LogP contribution in [-0.2, 0) is 7.05 Å². The standard InChI is InChI=1S/C41H19NO4S4/c1-42-32-38-30(16-22(47-38)14-28-34(43)24-10-18-6-2-3-7-19(18)11-25(24)35(28)44)49-40(32)41-33(42)39-31(50-41)17-23(48-39)15-29-36(45)26-12-20-8-4-5-9-21(20)13-27(26)37(29)46/h2-17H,1H3. The van der Waals surface area contributed by atoms with Crippen molar-refractivity contribution >= 4 is 141 Å². The summed E-state index contributed by atoms with van der Waals surface area (Å²) in [6, 6.07) is 27.0. The highest BCUT2D eigenvalue weighted by Crippen LogP contribution is 2.51. The third kappa shape index (κ3) is 3.75. The second kappa shape index (κ2) is 9.89. The molecule has 0 saturated heterocycles. The monoisotopic (exact) mass is 717 g/mol. The van der Waals surface area contributed by atoms with Crippen molar-refractivity contribution in [2.75, 3.05) is 0 Å². The van der Waals surface area contributed by atoms with Crippen LogP contribution in [0.4, 0.5) is 0 Å². The third-order valence-electron chi connectivity index (χ3n) is 9.90. The number of carbonyl (C=O) groups is 4. The number of hydrogen-bond donors (Lipinski definition) is 0.